The second-order valence-corrected chi connectivity index (χ2v) is 3.09. The molecule has 0 aliphatic carbocycles. The number of hydrogen-bond acceptors (Lipinski definition) is 3. The van der Waals surface area contributed by atoms with Crippen LogP contribution < -0.4 is 4.74 Å². The van der Waals surface area contributed by atoms with E-state index in [0.717, 1.165) is 6.07 Å². The molecule has 1 aromatic rings. The van der Waals surface area contributed by atoms with Crippen LogP contribution in [0, 0.1) is 5.82 Å². The van der Waals surface area contributed by atoms with Crippen LogP contribution in [0.2, 0.25) is 5.02 Å². The van der Waals surface area contributed by atoms with Gasteiger partial charge < -0.3 is 9.47 Å². The van der Waals surface area contributed by atoms with Crippen LogP contribution >= 0.6 is 11.6 Å². The van der Waals surface area contributed by atoms with E-state index in [1.807, 2.05) is 0 Å². The quantitative estimate of drug-likeness (QED) is 0.752. The van der Waals surface area contributed by atoms with E-state index < -0.39 is 11.8 Å². The van der Waals surface area contributed by atoms with E-state index in [1.165, 1.54) is 13.2 Å². The van der Waals surface area contributed by atoms with Crippen LogP contribution in [0.4, 0.5) is 4.39 Å². The number of esters is 1. The fourth-order valence-electron chi connectivity index (χ4n) is 1.07. The van der Waals surface area contributed by atoms with E-state index in [9.17, 15) is 9.18 Å². The number of halogens is 2. The standard InChI is InChI=1S/C10H10ClFO3/c1-3-15-9-5-7(11)8(12)4-6(9)10(13)14-2/h4-5H,3H2,1-2H3. The van der Waals surface area contributed by atoms with E-state index in [1.54, 1.807) is 6.92 Å². The normalized spacial score (nSPS) is 9.87. The van der Waals surface area contributed by atoms with Crippen molar-refractivity contribution >= 4 is 17.6 Å². The van der Waals surface area contributed by atoms with Gasteiger partial charge in [-0.05, 0) is 13.0 Å². The Balaban J connectivity index is 3.21. The molecular weight excluding hydrogens is 223 g/mol. The van der Waals surface area contributed by atoms with E-state index in [4.69, 9.17) is 16.3 Å². The topological polar surface area (TPSA) is 35.5 Å². The van der Waals surface area contributed by atoms with Gasteiger partial charge in [0.15, 0.2) is 0 Å². The zero-order valence-corrected chi connectivity index (χ0v) is 9.10. The largest absolute Gasteiger partial charge is 0.493 e. The van der Waals surface area contributed by atoms with Gasteiger partial charge in [0.1, 0.15) is 17.1 Å². The molecular formula is C10H10ClFO3. The number of rotatable bonds is 3. The molecule has 82 valence electrons. The lowest BCUT2D eigenvalue weighted by Crippen LogP contribution is -2.06. The first-order valence-electron chi connectivity index (χ1n) is 4.30. The molecule has 0 spiro atoms. The van der Waals surface area contributed by atoms with E-state index >= 15 is 0 Å². The average Bonchev–Trinajstić information content (AvgIpc) is 2.22. The van der Waals surface area contributed by atoms with Gasteiger partial charge in [0.25, 0.3) is 0 Å². The molecule has 0 N–H and O–H groups in total. The van der Waals surface area contributed by atoms with Crippen LogP contribution in [0.25, 0.3) is 0 Å². The summed E-state index contributed by atoms with van der Waals surface area (Å²) in [5.41, 5.74) is 0.0289. The molecule has 0 aromatic heterocycles. The monoisotopic (exact) mass is 232 g/mol. The first-order valence-corrected chi connectivity index (χ1v) is 4.68. The molecule has 3 nitrogen and oxygen atoms in total. The number of methoxy groups -OCH3 is 1. The molecule has 0 atom stereocenters. The second-order valence-electron chi connectivity index (χ2n) is 2.69. The predicted molar refractivity (Wildman–Crippen MR) is 53.9 cm³/mol. The number of carbonyl (C=O) groups is 1. The SMILES string of the molecule is CCOc1cc(Cl)c(F)cc1C(=O)OC. The average molecular weight is 233 g/mol. The highest BCUT2D eigenvalue weighted by atomic mass is 35.5. The van der Waals surface area contributed by atoms with Gasteiger partial charge >= 0.3 is 5.97 Å². The molecule has 0 amide bonds. The fourth-order valence-corrected chi connectivity index (χ4v) is 1.23. The third kappa shape index (κ3) is 2.59. The first kappa shape index (κ1) is 11.8. The minimum atomic E-state index is -0.680. The lowest BCUT2D eigenvalue weighted by molar-refractivity contribution is 0.0595. The summed E-state index contributed by atoms with van der Waals surface area (Å²) in [4.78, 5) is 11.3. The number of benzene rings is 1. The number of hydrogen-bond donors (Lipinski definition) is 0. The van der Waals surface area contributed by atoms with Gasteiger partial charge in [0.2, 0.25) is 0 Å². The Morgan fingerprint density at radius 2 is 2.20 bits per heavy atom. The summed E-state index contributed by atoms with van der Waals surface area (Å²) in [6.07, 6.45) is 0. The fraction of sp³-hybridized carbons (Fsp3) is 0.300. The molecule has 0 saturated carbocycles. The van der Waals surface area contributed by atoms with Crippen molar-refractivity contribution in [2.75, 3.05) is 13.7 Å². The summed E-state index contributed by atoms with van der Waals surface area (Å²) in [5.74, 6) is -1.12. The molecule has 0 heterocycles. The third-order valence-corrected chi connectivity index (χ3v) is 2.02. The Kier molecular flexibility index (Phi) is 3.91. The molecule has 0 aliphatic heterocycles. The molecule has 0 unspecified atom stereocenters. The lowest BCUT2D eigenvalue weighted by Gasteiger charge is -2.09. The van der Waals surface area contributed by atoms with E-state index in [2.05, 4.69) is 4.74 Å². The van der Waals surface area contributed by atoms with Crippen molar-refractivity contribution in [3.63, 3.8) is 0 Å². The Bertz CT molecular complexity index is 379. The molecule has 0 radical (unpaired) electrons. The molecule has 15 heavy (non-hydrogen) atoms. The van der Waals surface area contributed by atoms with Crippen molar-refractivity contribution in [2.24, 2.45) is 0 Å². The molecule has 5 heteroatoms. The zero-order chi connectivity index (χ0) is 11.4. The number of ether oxygens (including phenoxy) is 2. The second kappa shape index (κ2) is 4.98. The van der Waals surface area contributed by atoms with Crippen molar-refractivity contribution in [1.29, 1.82) is 0 Å². The zero-order valence-electron chi connectivity index (χ0n) is 8.34. The minimum absolute atomic E-state index is 0.0289. The van der Waals surface area contributed by atoms with Gasteiger partial charge in [-0.2, -0.15) is 0 Å². The van der Waals surface area contributed by atoms with Crippen molar-refractivity contribution in [2.45, 2.75) is 6.92 Å². The van der Waals surface area contributed by atoms with Crippen LogP contribution in [0.15, 0.2) is 12.1 Å². The van der Waals surface area contributed by atoms with Gasteiger partial charge in [-0.25, -0.2) is 9.18 Å². The van der Waals surface area contributed by atoms with Crippen molar-refractivity contribution in [3.05, 3.63) is 28.5 Å². The van der Waals surface area contributed by atoms with Gasteiger partial charge in [0, 0.05) is 6.07 Å². The summed E-state index contributed by atoms with van der Waals surface area (Å²) in [6.45, 7) is 2.10. The van der Waals surface area contributed by atoms with Crippen LogP contribution in [0.1, 0.15) is 17.3 Å². The van der Waals surface area contributed by atoms with Crippen molar-refractivity contribution in [3.8, 4) is 5.75 Å². The van der Waals surface area contributed by atoms with Crippen molar-refractivity contribution in [1.82, 2.24) is 0 Å². The number of carbonyl (C=O) groups excluding carboxylic acids is 1. The van der Waals surface area contributed by atoms with Crippen LogP contribution in [-0.2, 0) is 4.74 Å². The summed E-state index contributed by atoms with van der Waals surface area (Å²) in [6, 6.07) is 2.26. The highest BCUT2D eigenvalue weighted by Gasteiger charge is 2.16. The van der Waals surface area contributed by atoms with Crippen molar-refractivity contribution < 1.29 is 18.7 Å². The summed E-state index contributed by atoms with van der Waals surface area (Å²) >= 11 is 5.56. The Hall–Kier alpha value is -1.29. The summed E-state index contributed by atoms with van der Waals surface area (Å²) in [7, 11) is 1.21. The first-order chi connectivity index (χ1) is 7.10. The molecule has 1 aromatic carbocycles. The van der Waals surface area contributed by atoms with Gasteiger partial charge in [-0.15, -0.1) is 0 Å². The Morgan fingerprint density at radius 1 is 1.53 bits per heavy atom. The van der Waals surface area contributed by atoms with Crippen LogP contribution in [-0.4, -0.2) is 19.7 Å². The molecule has 0 bridgehead atoms. The molecule has 0 aliphatic rings. The Labute approximate surface area is 91.7 Å². The van der Waals surface area contributed by atoms with Gasteiger partial charge in [0.05, 0.1) is 18.7 Å². The van der Waals surface area contributed by atoms with E-state index in [0.29, 0.717) is 6.61 Å². The highest BCUT2D eigenvalue weighted by Crippen LogP contribution is 2.26. The summed E-state index contributed by atoms with van der Waals surface area (Å²) < 4.78 is 22.7. The highest BCUT2D eigenvalue weighted by molar-refractivity contribution is 6.31. The minimum Gasteiger partial charge on any atom is -0.493 e. The maximum Gasteiger partial charge on any atom is 0.341 e. The third-order valence-electron chi connectivity index (χ3n) is 1.73. The van der Waals surface area contributed by atoms with E-state index in [-0.39, 0.29) is 16.3 Å². The predicted octanol–water partition coefficient (Wildman–Crippen LogP) is 2.66. The smallest absolute Gasteiger partial charge is 0.341 e. The Morgan fingerprint density at radius 3 is 2.73 bits per heavy atom. The van der Waals surface area contributed by atoms with Crippen LogP contribution in [0.5, 0.6) is 5.75 Å². The van der Waals surface area contributed by atoms with Gasteiger partial charge in [-0.1, -0.05) is 11.6 Å². The van der Waals surface area contributed by atoms with Gasteiger partial charge in [-0.3, -0.25) is 0 Å². The lowest BCUT2D eigenvalue weighted by atomic mass is 10.2. The van der Waals surface area contributed by atoms with Crippen LogP contribution in [0.3, 0.4) is 0 Å². The molecule has 0 fully saturated rings. The maximum atomic E-state index is 13.1. The molecule has 0 saturated heterocycles. The molecule has 1 rings (SSSR count). The summed E-state index contributed by atoms with van der Waals surface area (Å²) in [5, 5.41) is -0.0916. The maximum absolute atomic E-state index is 13.1.